The molecule has 8 heteroatoms. The minimum atomic E-state index is -2.68. The van der Waals surface area contributed by atoms with Crippen molar-refractivity contribution < 1.29 is 27.8 Å². The van der Waals surface area contributed by atoms with E-state index in [0.717, 1.165) is 27.1 Å². The lowest BCUT2D eigenvalue weighted by Crippen LogP contribution is -2.35. The summed E-state index contributed by atoms with van der Waals surface area (Å²) in [5.41, 5.74) is 1.80. The van der Waals surface area contributed by atoms with Crippen molar-refractivity contribution in [1.29, 1.82) is 0 Å². The van der Waals surface area contributed by atoms with E-state index in [4.69, 9.17) is 18.4 Å². The molecule has 1 aromatic heterocycles. The van der Waals surface area contributed by atoms with Gasteiger partial charge in [-0.25, -0.2) is 4.79 Å². The van der Waals surface area contributed by atoms with Gasteiger partial charge in [-0.05, 0) is 68.6 Å². The highest BCUT2D eigenvalue weighted by Gasteiger charge is 2.54. The zero-order valence-electron chi connectivity index (χ0n) is 23.4. The Balaban J connectivity index is 1.38. The zero-order valence-corrected chi connectivity index (χ0v) is 24.3. The Morgan fingerprint density at radius 1 is 0.727 bits per heavy atom. The molecule has 7 aromatic rings. The maximum atomic E-state index is 14.3. The smallest absolute Gasteiger partial charge is 0.465 e. The molecule has 0 saturated carbocycles. The third kappa shape index (κ3) is 4.02. The minimum absolute atomic E-state index is 0.0940. The Hall–Kier alpha value is -5.36. The van der Waals surface area contributed by atoms with E-state index in [0.29, 0.717) is 39.3 Å². The van der Waals surface area contributed by atoms with Crippen molar-refractivity contribution in [1.82, 2.24) is 4.98 Å². The second-order valence-corrected chi connectivity index (χ2v) is 11.6. The highest BCUT2D eigenvalue weighted by Crippen LogP contribution is 2.56. The summed E-state index contributed by atoms with van der Waals surface area (Å²) in [5, 5.41) is 4.14. The first-order chi connectivity index (χ1) is 21.5. The van der Waals surface area contributed by atoms with Crippen molar-refractivity contribution in [3.05, 3.63) is 144 Å². The van der Waals surface area contributed by atoms with Crippen molar-refractivity contribution in [2.45, 2.75) is 5.60 Å². The summed E-state index contributed by atoms with van der Waals surface area (Å²) in [6.07, 6.45) is 0. The van der Waals surface area contributed by atoms with Crippen LogP contribution in [0.4, 0.5) is 0 Å². The SMILES string of the molecule is COC(=O)c1ccc2oc([P+](=O)OC3(c4cccc5cc6ccccc6cc45)c4ccccc4Oc4ccccc43)nc2c1. The quantitative estimate of drug-likeness (QED) is 0.112. The van der Waals surface area contributed by atoms with Gasteiger partial charge >= 0.3 is 19.6 Å². The van der Waals surface area contributed by atoms with Gasteiger partial charge in [0.2, 0.25) is 5.60 Å². The van der Waals surface area contributed by atoms with Crippen molar-refractivity contribution >= 4 is 52.3 Å². The van der Waals surface area contributed by atoms with E-state index in [1.165, 1.54) is 7.11 Å². The fourth-order valence-electron chi connectivity index (χ4n) is 6.07. The molecule has 1 aliphatic heterocycles. The van der Waals surface area contributed by atoms with Gasteiger partial charge in [0.25, 0.3) is 0 Å². The van der Waals surface area contributed by atoms with Crippen LogP contribution in [0.2, 0.25) is 0 Å². The lowest BCUT2D eigenvalue weighted by molar-refractivity contribution is 0.0601. The first-order valence-corrected chi connectivity index (χ1v) is 15.2. The summed E-state index contributed by atoms with van der Waals surface area (Å²) in [4.78, 5) is 16.6. The molecule has 2 heterocycles. The molecule has 1 atom stereocenters. The van der Waals surface area contributed by atoms with Gasteiger partial charge in [0.05, 0.1) is 12.7 Å². The van der Waals surface area contributed by atoms with E-state index in [1.54, 1.807) is 18.2 Å². The molecule has 212 valence electrons. The molecule has 44 heavy (non-hydrogen) atoms. The lowest BCUT2D eigenvalue weighted by Gasteiger charge is -2.36. The maximum Gasteiger partial charge on any atom is 0.613 e. The van der Waals surface area contributed by atoms with Gasteiger partial charge in [0.15, 0.2) is 5.58 Å². The van der Waals surface area contributed by atoms with Crippen molar-refractivity contribution in [3.63, 3.8) is 0 Å². The molecule has 0 saturated heterocycles. The third-order valence-corrected chi connectivity index (χ3v) is 9.00. The van der Waals surface area contributed by atoms with Crippen molar-refractivity contribution in [2.24, 2.45) is 0 Å². The number of methoxy groups -OCH3 is 1. The Bertz CT molecular complexity index is 2250. The number of benzene rings is 6. The topological polar surface area (TPSA) is 87.9 Å². The highest BCUT2D eigenvalue weighted by molar-refractivity contribution is 7.47. The predicted molar refractivity (Wildman–Crippen MR) is 168 cm³/mol. The van der Waals surface area contributed by atoms with Crippen LogP contribution in [0.25, 0.3) is 32.6 Å². The van der Waals surface area contributed by atoms with Gasteiger partial charge in [-0.15, -0.1) is 4.52 Å². The summed E-state index contributed by atoms with van der Waals surface area (Å²) in [5.74, 6) is 0.676. The summed E-state index contributed by atoms with van der Waals surface area (Å²) in [7, 11) is -1.37. The summed E-state index contributed by atoms with van der Waals surface area (Å²) in [6.45, 7) is 0. The molecule has 0 radical (unpaired) electrons. The number of aromatic nitrogens is 1. The fraction of sp³-hybridized carbons (Fsp3) is 0.0556. The number of hydrogen-bond donors (Lipinski definition) is 0. The molecule has 0 spiro atoms. The number of ether oxygens (including phenoxy) is 2. The van der Waals surface area contributed by atoms with Crippen LogP contribution in [0.15, 0.2) is 126 Å². The number of esters is 1. The van der Waals surface area contributed by atoms with Gasteiger partial charge in [-0.3, -0.25) is 0 Å². The van der Waals surface area contributed by atoms with E-state index < -0.39 is 19.6 Å². The number of rotatable bonds is 5. The second kappa shape index (κ2) is 10.1. The van der Waals surface area contributed by atoms with Gasteiger partial charge in [-0.2, -0.15) is 4.98 Å². The van der Waals surface area contributed by atoms with E-state index in [1.807, 2.05) is 72.8 Å². The molecule has 1 unspecified atom stereocenters. The van der Waals surface area contributed by atoms with Crippen LogP contribution in [-0.2, 0) is 19.4 Å². The van der Waals surface area contributed by atoms with Gasteiger partial charge in [0, 0.05) is 16.7 Å². The molecule has 0 amide bonds. The molecule has 0 fully saturated rings. The minimum Gasteiger partial charge on any atom is -0.465 e. The monoisotopic (exact) mass is 596 g/mol. The standard InChI is InChI=1S/C36H23NO6P/c1-40-34(38)25-17-18-33-30(21-25)37-35(42-33)44(39)43-36(28-12-4-6-15-31(28)41-32-16-7-5-13-29(32)36)27-14-8-11-24-19-22-9-2-3-10-23(22)20-26(24)27/h2-21H,1H3/q+1. The van der Waals surface area contributed by atoms with E-state index in [9.17, 15) is 9.36 Å². The number of carbonyl (C=O) groups excluding carboxylic acids is 1. The predicted octanol–water partition coefficient (Wildman–Crippen LogP) is 8.40. The van der Waals surface area contributed by atoms with Crippen LogP contribution in [-0.4, -0.2) is 18.1 Å². The Morgan fingerprint density at radius 3 is 2.09 bits per heavy atom. The molecule has 1 aliphatic rings. The molecular weight excluding hydrogens is 573 g/mol. The molecule has 0 aliphatic carbocycles. The number of carbonyl (C=O) groups is 1. The Labute approximate surface area is 252 Å². The Morgan fingerprint density at radius 2 is 1.36 bits per heavy atom. The number of para-hydroxylation sites is 2. The summed E-state index contributed by atoms with van der Waals surface area (Å²) in [6, 6.07) is 38.5. The number of hydrogen-bond acceptors (Lipinski definition) is 7. The molecule has 0 N–H and O–H groups in total. The largest absolute Gasteiger partial charge is 0.613 e. The van der Waals surface area contributed by atoms with E-state index >= 15 is 0 Å². The van der Waals surface area contributed by atoms with Gasteiger partial charge in [0.1, 0.15) is 17.0 Å². The number of oxazole rings is 1. The van der Waals surface area contributed by atoms with Gasteiger partial charge < -0.3 is 13.9 Å². The first-order valence-electron chi connectivity index (χ1n) is 14.0. The van der Waals surface area contributed by atoms with E-state index in [-0.39, 0.29) is 5.63 Å². The molecule has 6 aromatic carbocycles. The highest BCUT2D eigenvalue weighted by atomic mass is 31.1. The summed E-state index contributed by atoms with van der Waals surface area (Å²) >= 11 is 0. The number of nitrogens with zero attached hydrogens (tertiary/aromatic N) is 1. The maximum absolute atomic E-state index is 14.3. The van der Waals surface area contributed by atoms with Gasteiger partial charge in [-0.1, -0.05) is 78.9 Å². The van der Waals surface area contributed by atoms with Crippen molar-refractivity contribution in [3.8, 4) is 11.5 Å². The number of fused-ring (bicyclic) bond motifs is 5. The Kier molecular flexibility index (Phi) is 6.05. The van der Waals surface area contributed by atoms with Crippen LogP contribution < -0.4 is 10.4 Å². The van der Waals surface area contributed by atoms with Crippen molar-refractivity contribution in [2.75, 3.05) is 7.11 Å². The van der Waals surface area contributed by atoms with Crippen LogP contribution >= 0.6 is 8.03 Å². The molecule has 7 nitrogen and oxygen atoms in total. The zero-order chi connectivity index (χ0) is 29.8. The van der Waals surface area contributed by atoms with E-state index in [2.05, 4.69) is 35.3 Å². The second-order valence-electron chi connectivity index (χ2n) is 10.5. The first kappa shape index (κ1) is 26.3. The van der Waals surface area contributed by atoms with Crippen LogP contribution in [0.1, 0.15) is 27.0 Å². The summed E-state index contributed by atoms with van der Waals surface area (Å²) < 4.78 is 38.3. The molecule has 0 bridgehead atoms. The fourth-order valence-corrected chi connectivity index (χ4v) is 7.05. The average molecular weight is 597 g/mol. The van der Waals surface area contributed by atoms with Crippen LogP contribution in [0, 0.1) is 0 Å². The van der Waals surface area contributed by atoms with Crippen LogP contribution in [0.3, 0.4) is 0 Å². The third-order valence-electron chi connectivity index (χ3n) is 8.05. The normalized spacial score (nSPS) is 13.7. The van der Waals surface area contributed by atoms with Crippen LogP contribution in [0.5, 0.6) is 11.5 Å². The molecule has 8 rings (SSSR count). The lowest BCUT2D eigenvalue weighted by atomic mass is 9.76. The molecular formula is C36H23NO6P+. The average Bonchev–Trinajstić information content (AvgIpc) is 3.50.